The Balaban J connectivity index is 3.12. The van der Waals surface area contributed by atoms with Crippen molar-refractivity contribution < 1.29 is 8.42 Å². The first-order valence-electron chi connectivity index (χ1n) is 4.02. The molecule has 4 heteroatoms. The van der Waals surface area contributed by atoms with Crippen molar-refractivity contribution in [1.29, 1.82) is 0 Å². The molecule has 0 aliphatic heterocycles. The number of sulfone groups is 1. The maximum Gasteiger partial charge on any atom is 0.177 e. The van der Waals surface area contributed by atoms with Crippen LogP contribution in [-0.2, 0) is 9.84 Å². The molecule has 3 nitrogen and oxygen atoms in total. The molecule has 0 atom stereocenters. The van der Waals surface area contributed by atoms with E-state index >= 15 is 0 Å². The highest BCUT2D eigenvalue weighted by atomic mass is 32.2. The van der Waals surface area contributed by atoms with E-state index in [9.17, 15) is 8.42 Å². The van der Waals surface area contributed by atoms with Crippen molar-refractivity contribution in [2.45, 2.75) is 4.90 Å². The number of hydrogen-bond donors (Lipinski definition) is 1. The third-order valence-corrected chi connectivity index (χ3v) is 2.82. The number of terminal acetylenes is 1. The number of anilines is 1. The van der Waals surface area contributed by atoms with Gasteiger partial charge in [0.25, 0.3) is 0 Å². The van der Waals surface area contributed by atoms with Gasteiger partial charge in [-0.3, -0.25) is 0 Å². The summed E-state index contributed by atoms with van der Waals surface area (Å²) in [7, 11) is -3.19. The lowest BCUT2D eigenvalue weighted by atomic mass is 10.3. The van der Waals surface area contributed by atoms with Gasteiger partial charge in [-0.05, 0) is 12.1 Å². The standard InChI is InChI=1S/C10H11NO2S/c1-3-8-11-9-6-4-5-7-10(9)14(2,12)13/h1,4-7,11H,8H2,2H3. The lowest BCUT2D eigenvalue weighted by Crippen LogP contribution is -2.05. The van der Waals surface area contributed by atoms with Gasteiger partial charge >= 0.3 is 0 Å². The van der Waals surface area contributed by atoms with Crippen LogP contribution in [0.2, 0.25) is 0 Å². The number of nitrogens with one attached hydrogen (secondary N) is 1. The van der Waals surface area contributed by atoms with Crippen molar-refractivity contribution >= 4 is 15.5 Å². The molecule has 14 heavy (non-hydrogen) atoms. The second-order valence-electron chi connectivity index (χ2n) is 2.83. The molecule has 0 heterocycles. The molecule has 74 valence electrons. The Kier molecular flexibility index (Phi) is 3.15. The van der Waals surface area contributed by atoms with Gasteiger partial charge < -0.3 is 5.32 Å². The second-order valence-corrected chi connectivity index (χ2v) is 4.81. The molecule has 0 saturated carbocycles. The summed E-state index contributed by atoms with van der Waals surface area (Å²) in [5.41, 5.74) is 0.549. The van der Waals surface area contributed by atoms with Crippen LogP contribution in [0.4, 0.5) is 5.69 Å². The lowest BCUT2D eigenvalue weighted by molar-refractivity contribution is 0.602. The van der Waals surface area contributed by atoms with Crippen molar-refractivity contribution in [3.63, 3.8) is 0 Å². The summed E-state index contributed by atoms with van der Waals surface area (Å²) in [4.78, 5) is 0.273. The molecule has 1 aromatic carbocycles. The average molecular weight is 209 g/mol. The monoisotopic (exact) mass is 209 g/mol. The molecule has 0 bridgehead atoms. The Morgan fingerprint density at radius 2 is 2.07 bits per heavy atom. The number of benzene rings is 1. The summed E-state index contributed by atoms with van der Waals surface area (Å²) < 4.78 is 22.7. The maximum atomic E-state index is 11.3. The number of rotatable bonds is 3. The van der Waals surface area contributed by atoms with Gasteiger partial charge in [-0.1, -0.05) is 18.1 Å². The molecule has 0 saturated heterocycles. The molecule has 0 aromatic heterocycles. The van der Waals surface area contributed by atoms with Crippen LogP contribution in [0.15, 0.2) is 29.2 Å². The molecule has 1 rings (SSSR count). The largest absolute Gasteiger partial charge is 0.373 e. The molecular formula is C10H11NO2S. The molecule has 0 radical (unpaired) electrons. The molecule has 0 amide bonds. The summed E-state index contributed by atoms with van der Waals surface area (Å²) in [6.45, 7) is 0.312. The zero-order valence-corrected chi connectivity index (χ0v) is 8.64. The SMILES string of the molecule is C#CCNc1ccccc1S(C)(=O)=O. The predicted octanol–water partition coefficient (Wildman–Crippen LogP) is 1.14. The van der Waals surface area contributed by atoms with Crippen molar-refractivity contribution in [3.05, 3.63) is 24.3 Å². The van der Waals surface area contributed by atoms with Crippen molar-refractivity contribution in [2.75, 3.05) is 18.1 Å². The summed E-state index contributed by atoms with van der Waals surface area (Å²) in [6, 6.07) is 6.67. The fourth-order valence-corrected chi connectivity index (χ4v) is 1.95. The van der Waals surface area contributed by atoms with Crippen LogP contribution in [-0.4, -0.2) is 21.2 Å². The quantitative estimate of drug-likeness (QED) is 0.759. The molecule has 0 aliphatic rings. The van der Waals surface area contributed by atoms with Crippen LogP contribution in [0.5, 0.6) is 0 Å². The highest BCUT2D eigenvalue weighted by Gasteiger charge is 2.11. The highest BCUT2D eigenvalue weighted by molar-refractivity contribution is 7.90. The van der Waals surface area contributed by atoms with Gasteiger partial charge in [-0.2, -0.15) is 0 Å². The fourth-order valence-electron chi connectivity index (χ4n) is 1.08. The molecule has 1 N–H and O–H groups in total. The minimum Gasteiger partial charge on any atom is -0.373 e. The fraction of sp³-hybridized carbons (Fsp3) is 0.200. The van der Waals surface area contributed by atoms with E-state index in [1.54, 1.807) is 24.3 Å². The van der Waals surface area contributed by atoms with Gasteiger partial charge in [0.15, 0.2) is 9.84 Å². The van der Waals surface area contributed by atoms with Gasteiger partial charge in [0, 0.05) is 6.26 Å². The second kappa shape index (κ2) is 4.16. The van der Waals surface area contributed by atoms with Crippen molar-refractivity contribution in [3.8, 4) is 12.3 Å². The summed E-state index contributed by atoms with van der Waals surface area (Å²) in [5, 5.41) is 2.85. The zero-order valence-electron chi connectivity index (χ0n) is 7.82. The summed E-state index contributed by atoms with van der Waals surface area (Å²) in [5.74, 6) is 2.39. The van der Waals surface area contributed by atoms with E-state index in [0.717, 1.165) is 0 Å². The van der Waals surface area contributed by atoms with E-state index in [4.69, 9.17) is 6.42 Å². The van der Waals surface area contributed by atoms with Gasteiger partial charge in [0.05, 0.1) is 17.1 Å². The van der Waals surface area contributed by atoms with E-state index in [0.29, 0.717) is 12.2 Å². The van der Waals surface area contributed by atoms with Crippen molar-refractivity contribution in [2.24, 2.45) is 0 Å². The Morgan fingerprint density at radius 1 is 1.43 bits per heavy atom. The first-order chi connectivity index (χ1) is 6.55. The zero-order chi connectivity index (χ0) is 10.6. The minimum atomic E-state index is -3.19. The Labute approximate surface area is 84.1 Å². The van der Waals surface area contributed by atoms with Crippen LogP contribution in [0, 0.1) is 12.3 Å². The highest BCUT2D eigenvalue weighted by Crippen LogP contribution is 2.19. The van der Waals surface area contributed by atoms with E-state index in [-0.39, 0.29) is 4.90 Å². The van der Waals surface area contributed by atoms with Crippen LogP contribution < -0.4 is 5.32 Å². The van der Waals surface area contributed by atoms with Gasteiger partial charge in [-0.15, -0.1) is 6.42 Å². The molecule has 0 fully saturated rings. The third-order valence-electron chi connectivity index (χ3n) is 1.67. The lowest BCUT2D eigenvalue weighted by Gasteiger charge is -2.07. The number of hydrogen-bond acceptors (Lipinski definition) is 3. The van der Waals surface area contributed by atoms with E-state index in [1.165, 1.54) is 6.26 Å². The minimum absolute atomic E-state index is 0.273. The molecule has 0 aliphatic carbocycles. The normalized spacial score (nSPS) is 10.6. The average Bonchev–Trinajstić information content (AvgIpc) is 2.14. The van der Waals surface area contributed by atoms with Crippen LogP contribution in [0.25, 0.3) is 0 Å². The van der Waals surface area contributed by atoms with Gasteiger partial charge in [0.2, 0.25) is 0 Å². The number of para-hydroxylation sites is 1. The van der Waals surface area contributed by atoms with Crippen LogP contribution in [0.1, 0.15) is 0 Å². The first-order valence-corrected chi connectivity index (χ1v) is 5.91. The maximum absolute atomic E-state index is 11.3. The third kappa shape index (κ3) is 2.51. The first kappa shape index (κ1) is 10.6. The van der Waals surface area contributed by atoms with Crippen LogP contribution in [0.3, 0.4) is 0 Å². The predicted molar refractivity (Wildman–Crippen MR) is 56.9 cm³/mol. The van der Waals surface area contributed by atoms with E-state index < -0.39 is 9.84 Å². The smallest absolute Gasteiger partial charge is 0.177 e. The molecule has 1 aromatic rings. The van der Waals surface area contributed by atoms with Crippen molar-refractivity contribution in [1.82, 2.24) is 0 Å². The topological polar surface area (TPSA) is 46.2 Å². The molecular weight excluding hydrogens is 198 g/mol. The Hall–Kier alpha value is -1.47. The van der Waals surface area contributed by atoms with E-state index in [2.05, 4.69) is 11.2 Å². The van der Waals surface area contributed by atoms with Gasteiger partial charge in [-0.25, -0.2) is 8.42 Å². The van der Waals surface area contributed by atoms with Crippen LogP contribution >= 0.6 is 0 Å². The summed E-state index contributed by atoms with van der Waals surface area (Å²) in [6.07, 6.45) is 6.24. The Bertz CT molecular complexity index is 457. The van der Waals surface area contributed by atoms with Gasteiger partial charge in [0.1, 0.15) is 0 Å². The summed E-state index contributed by atoms with van der Waals surface area (Å²) >= 11 is 0. The van der Waals surface area contributed by atoms with E-state index in [1.807, 2.05) is 0 Å². The molecule has 0 unspecified atom stereocenters. The Morgan fingerprint density at radius 3 is 2.64 bits per heavy atom. The molecule has 0 spiro atoms.